The summed E-state index contributed by atoms with van der Waals surface area (Å²) >= 11 is 10.9. The fourth-order valence-corrected chi connectivity index (χ4v) is 3.82. The average Bonchev–Trinajstić information content (AvgIpc) is 2.75. The third-order valence-electron chi connectivity index (χ3n) is 5.16. The van der Waals surface area contributed by atoms with Crippen LogP contribution in [0.15, 0.2) is 60.7 Å². The normalized spacial score (nSPS) is 10.4. The van der Waals surface area contributed by atoms with Gasteiger partial charge >= 0.3 is 0 Å². The molecule has 0 amide bonds. The van der Waals surface area contributed by atoms with Gasteiger partial charge in [0.05, 0.1) is 0 Å². The first kappa shape index (κ1) is 23.7. The Bertz CT molecular complexity index is 1040. The van der Waals surface area contributed by atoms with Crippen molar-refractivity contribution >= 4 is 46.0 Å². The van der Waals surface area contributed by atoms with Gasteiger partial charge in [-0.25, -0.2) is 0 Å². The SMILES string of the molecule is Cc1ccc(NC(=S)NCc2cccc(CNC(=S)Nc3ccc(C)cc3C)c2)c(C)c1. The zero-order chi connectivity index (χ0) is 23.1. The maximum atomic E-state index is 5.47. The maximum Gasteiger partial charge on any atom is 0.171 e. The van der Waals surface area contributed by atoms with Gasteiger partial charge in [0.2, 0.25) is 0 Å². The van der Waals surface area contributed by atoms with E-state index in [0.717, 1.165) is 22.5 Å². The fraction of sp³-hybridized carbons (Fsp3) is 0.231. The van der Waals surface area contributed by atoms with Crippen LogP contribution in [0.4, 0.5) is 11.4 Å². The van der Waals surface area contributed by atoms with E-state index in [0.29, 0.717) is 23.3 Å². The van der Waals surface area contributed by atoms with E-state index in [-0.39, 0.29) is 0 Å². The van der Waals surface area contributed by atoms with Gasteiger partial charge in [0.15, 0.2) is 10.2 Å². The highest BCUT2D eigenvalue weighted by atomic mass is 32.1. The van der Waals surface area contributed by atoms with Crippen molar-refractivity contribution in [3.05, 3.63) is 94.0 Å². The van der Waals surface area contributed by atoms with Crippen molar-refractivity contribution in [3.63, 3.8) is 0 Å². The molecule has 0 saturated heterocycles. The molecule has 0 aliphatic heterocycles. The van der Waals surface area contributed by atoms with Crippen LogP contribution in [0, 0.1) is 27.7 Å². The second kappa shape index (κ2) is 11.1. The van der Waals surface area contributed by atoms with Crippen LogP contribution in [0.3, 0.4) is 0 Å². The first-order chi connectivity index (χ1) is 15.3. The molecule has 0 aromatic heterocycles. The monoisotopic (exact) mass is 462 g/mol. The molecule has 4 N–H and O–H groups in total. The molecule has 0 heterocycles. The number of nitrogens with one attached hydrogen (secondary N) is 4. The van der Waals surface area contributed by atoms with E-state index in [1.165, 1.54) is 22.3 Å². The summed E-state index contributed by atoms with van der Waals surface area (Å²) < 4.78 is 0. The van der Waals surface area contributed by atoms with Crippen molar-refractivity contribution in [3.8, 4) is 0 Å². The van der Waals surface area contributed by atoms with Gasteiger partial charge in [-0.2, -0.15) is 0 Å². The van der Waals surface area contributed by atoms with E-state index in [9.17, 15) is 0 Å². The van der Waals surface area contributed by atoms with Gasteiger partial charge in [-0.05, 0) is 86.5 Å². The van der Waals surface area contributed by atoms with Gasteiger partial charge in [-0.15, -0.1) is 0 Å². The van der Waals surface area contributed by atoms with Crippen LogP contribution in [-0.2, 0) is 13.1 Å². The highest BCUT2D eigenvalue weighted by Crippen LogP contribution is 2.17. The minimum atomic E-state index is 0.610. The van der Waals surface area contributed by atoms with Crippen molar-refractivity contribution < 1.29 is 0 Å². The molecule has 3 rings (SSSR count). The number of hydrogen-bond acceptors (Lipinski definition) is 2. The number of hydrogen-bond donors (Lipinski definition) is 4. The molecule has 4 nitrogen and oxygen atoms in total. The van der Waals surface area contributed by atoms with Crippen molar-refractivity contribution in [2.45, 2.75) is 40.8 Å². The van der Waals surface area contributed by atoms with E-state index in [4.69, 9.17) is 24.4 Å². The summed E-state index contributed by atoms with van der Waals surface area (Å²) in [6.45, 7) is 9.62. The van der Waals surface area contributed by atoms with E-state index in [2.05, 4.69) is 110 Å². The number of anilines is 2. The van der Waals surface area contributed by atoms with Gasteiger partial charge in [0.1, 0.15) is 0 Å². The van der Waals surface area contributed by atoms with Crippen LogP contribution < -0.4 is 21.3 Å². The minimum Gasteiger partial charge on any atom is -0.358 e. The van der Waals surface area contributed by atoms with Gasteiger partial charge in [-0.3, -0.25) is 0 Å². The average molecular weight is 463 g/mol. The van der Waals surface area contributed by atoms with Gasteiger partial charge in [0.25, 0.3) is 0 Å². The van der Waals surface area contributed by atoms with E-state index < -0.39 is 0 Å². The molecule has 6 heteroatoms. The molecule has 3 aromatic carbocycles. The molecule has 0 aliphatic carbocycles. The molecule has 166 valence electrons. The number of thiocarbonyl (C=S) groups is 2. The topological polar surface area (TPSA) is 48.1 Å². The number of aryl methyl sites for hydroxylation is 4. The van der Waals surface area contributed by atoms with E-state index >= 15 is 0 Å². The smallest absolute Gasteiger partial charge is 0.171 e. The summed E-state index contributed by atoms with van der Waals surface area (Å²) in [7, 11) is 0. The fourth-order valence-electron chi connectivity index (χ4n) is 3.45. The van der Waals surface area contributed by atoms with Crippen LogP contribution in [0.5, 0.6) is 0 Å². The van der Waals surface area contributed by atoms with Crippen molar-refractivity contribution in [1.29, 1.82) is 0 Å². The first-order valence-electron chi connectivity index (χ1n) is 10.6. The zero-order valence-corrected chi connectivity index (χ0v) is 20.6. The van der Waals surface area contributed by atoms with E-state index in [1.54, 1.807) is 0 Å². The van der Waals surface area contributed by atoms with Gasteiger partial charge < -0.3 is 21.3 Å². The zero-order valence-electron chi connectivity index (χ0n) is 19.0. The lowest BCUT2D eigenvalue weighted by Crippen LogP contribution is -2.29. The lowest BCUT2D eigenvalue weighted by molar-refractivity contribution is 0.896. The molecule has 0 spiro atoms. The molecule has 0 atom stereocenters. The third kappa shape index (κ3) is 7.04. The van der Waals surface area contributed by atoms with Crippen LogP contribution in [0.2, 0.25) is 0 Å². The highest BCUT2D eigenvalue weighted by Gasteiger charge is 2.04. The lowest BCUT2D eigenvalue weighted by Gasteiger charge is -2.14. The van der Waals surface area contributed by atoms with Crippen LogP contribution in [0.1, 0.15) is 33.4 Å². The Morgan fingerprint density at radius 2 is 1.06 bits per heavy atom. The summed E-state index contributed by atoms with van der Waals surface area (Å²) in [6, 6.07) is 20.9. The summed E-state index contributed by atoms with van der Waals surface area (Å²) in [5.74, 6) is 0. The van der Waals surface area contributed by atoms with Gasteiger partial charge in [-0.1, -0.05) is 59.7 Å². The standard InChI is InChI=1S/C26H30N4S2/c1-17-8-10-23(19(3)12-17)29-25(31)27-15-21-6-5-7-22(14-21)16-28-26(32)30-24-11-9-18(2)13-20(24)4/h5-14H,15-16H2,1-4H3,(H2,27,29,31)(H2,28,30,32). The van der Waals surface area contributed by atoms with Crippen molar-refractivity contribution in [2.75, 3.05) is 10.6 Å². The van der Waals surface area contributed by atoms with Crippen molar-refractivity contribution in [1.82, 2.24) is 10.6 Å². The predicted octanol–water partition coefficient (Wildman–Crippen LogP) is 5.89. The molecular formula is C26H30N4S2. The largest absolute Gasteiger partial charge is 0.358 e. The first-order valence-corrected chi connectivity index (χ1v) is 11.4. The third-order valence-corrected chi connectivity index (χ3v) is 5.65. The predicted molar refractivity (Wildman–Crippen MR) is 144 cm³/mol. The number of rotatable bonds is 6. The summed E-state index contributed by atoms with van der Waals surface area (Å²) in [5, 5.41) is 14.3. The van der Waals surface area contributed by atoms with Crippen LogP contribution in [0.25, 0.3) is 0 Å². The Kier molecular flexibility index (Phi) is 8.20. The van der Waals surface area contributed by atoms with Crippen LogP contribution in [-0.4, -0.2) is 10.2 Å². The summed E-state index contributed by atoms with van der Waals surface area (Å²) in [6.07, 6.45) is 0. The molecule has 32 heavy (non-hydrogen) atoms. The summed E-state index contributed by atoms with van der Waals surface area (Å²) in [4.78, 5) is 0. The second-order valence-corrected chi connectivity index (χ2v) is 8.89. The molecule has 3 aromatic rings. The molecule has 0 saturated carbocycles. The highest BCUT2D eigenvalue weighted by molar-refractivity contribution is 7.80. The Morgan fingerprint density at radius 1 is 0.625 bits per heavy atom. The Labute approximate surface area is 201 Å². The maximum absolute atomic E-state index is 5.47. The lowest BCUT2D eigenvalue weighted by atomic mass is 10.1. The molecule has 0 radical (unpaired) electrons. The molecule has 0 fully saturated rings. The second-order valence-electron chi connectivity index (χ2n) is 8.07. The Balaban J connectivity index is 1.49. The molecule has 0 unspecified atom stereocenters. The van der Waals surface area contributed by atoms with Crippen molar-refractivity contribution in [2.24, 2.45) is 0 Å². The molecule has 0 bridgehead atoms. The van der Waals surface area contributed by atoms with E-state index in [1.807, 2.05) is 0 Å². The summed E-state index contributed by atoms with van der Waals surface area (Å²) in [5.41, 5.74) is 9.18. The van der Waals surface area contributed by atoms with Gasteiger partial charge in [0, 0.05) is 24.5 Å². The minimum absolute atomic E-state index is 0.610. The Hall–Kier alpha value is -2.96. The molecule has 0 aliphatic rings. The quantitative estimate of drug-likeness (QED) is 0.343. The number of benzene rings is 3. The van der Waals surface area contributed by atoms with Crippen LogP contribution >= 0.6 is 24.4 Å². The molecular weight excluding hydrogens is 432 g/mol. The Morgan fingerprint density at radius 3 is 1.47 bits per heavy atom.